The molecule has 0 unspecified atom stereocenters. The summed E-state index contributed by atoms with van der Waals surface area (Å²) in [5, 5.41) is 5.70. The van der Waals surface area contributed by atoms with E-state index in [1.165, 1.54) is 30.6 Å². The Labute approximate surface area is 153 Å². The van der Waals surface area contributed by atoms with Crippen molar-refractivity contribution in [1.29, 1.82) is 0 Å². The number of aryl methyl sites for hydroxylation is 1. The number of nitrogen functional groups attached to an aromatic ring is 1. The molecule has 27 heavy (non-hydrogen) atoms. The van der Waals surface area contributed by atoms with Crippen LogP contribution in [0.25, 0.3) is 11.0 Å². The van der Waals surface area contributed by atoms with Gasteiger partial charge in [0.25, 0.3) is 0 Å². The molecule has 0 spiro atoms. The second-order valence-electron chi connectivity index (χ2n) is 6.63. The van der Waals surface area contributed by atoms with Crippen molar-refractivity contribution >= 4 is 28.6 Å². The van der Waals surface area contributed by atoms with Gasteiger partial charge in [-0.1, -0.05) is 0 Å². The number of benzene rings is 1. The van der Waals surface area contributed by atoms with Crippen LogP contribution in [0.4, 0.5) is 25.2 Å². The van der Waals surface area contributed by atoms with Crippen molar-refractivity contribution in [2.45, 2.75) is 31.5 Å². The highest BCUT2D eigenvalue weighted by Crippen LogP contribution is 2.51. The lowest BCUT2D eigenvalue weighted by molar-refractivity contribution is 0.199. The van der Waals surface area contributed by atoms with Gasteiger partial charge in [-0.2, -0.15) is 0 Å². The molecule has 0 saturated heterocycles. The van der Waals surface area contributed by atoms with Crippen molar-refractivity contribution in [1.82, 2.24) is 15.3 Å². The fourth-order valence-electron chi connectivity index (χ4n) is 3.03. The summed E-state index contributed by atoms with van der Waals surface area (Å²) in [6.07, 6.45) is 3.28. The Balaban J connectivity index is 1.62. The number of nitrogens with zero attached hydrogens (tertiary/aromatic N) is 2. The van der Waals surface area contributed by atoms with Crippen molar-refractivity contribution in [3.8, 4) is 0 Å². The molecule has 1 aromatic carbocycles. The topological polar surface area (TPSA) is 106 Å². The SMILES string of the molecule is Cc1c([C@@H](NC(=O)Nc2cnc(N)nc2)C2(F)CC2)oc2ccc(F)cc12. The molecule has 0 bridgehead atoms. The monoisotopic (exact) mass is 373 g/mol. The summed E-state index contributed by atoms with van der Waals surface area (Å²) < 4.78 is 34.3. The van der Waals surface area contributed by atoms with E-state index in [2.05, 4.69) is 20.6 Å². The first-order valence-corrected chi connectivity index (χ1v) is 8.38. The first kappa shape index (κ1) is 17.2. The van der Waals surface area contributed by atoms with Gasteiger partial charge >= 0.3 is 6.03 Å². The van der Waals surface area contributed by atoms with Crippen LogP contribution in [0, 0.1) is 12.7 Å². The van der Waals surface area contributed by atoms with Gasteiger partial charge in [-0.25, -0.2) is 23.5 Å². The average molecular weight is 373 g/mol. The molecular weight excluding hydrogens is 356 g/mol. The van der Waals surface area contributed by atoms with E-state index in [9.17, 15) is 13.6 Å². The molecule has 7 nitrogen and oxygen atoms in total. The van der Waals surface area contributed by atoms with Gasteiger partial charge in [0.05, 0.1) is 18.1 Å². The maximum absolute atomic E-state index is 15.0. The molecule has 2 aromatic heterocycles. The number of nitrogens with one attached hydrogen (secondary N) is 2. The van der Waals surface area contributed by atoms with E-state index in [1.54, 1.807) is 6.92 Å². The zero-order valence-corrected chi connectivity index (χ0v) is 14.4. The average Bonchev–Trinajstić information content (AvgIpc) is 3.31. The smallest absolute Gasteiger partial charge is 0.320 e. The van der Waals surface area contributed by atoms with Gasteiger partial charge in [0, 0.05) is 10.9 Å². The number of carbonyl (C=O) groups excluding carboxylic acids is 1. The highest BCUT2D eigenvalue weighted by Gasteiger charge is 2.53. The lowest BCUT2D eigenvalue weighted by atomic mass is 10.0. The summed E-state index contributed by atoms with van der Waals surface area (Å²) in [5.41, 5.74) is 5.14. The standard InChI is InChI=1S/C18H17F2N5O2/c1-9-12-6-10(19)2-3-13(12)27-14(9)15(18(20)4-5-18)25-17(26)24-11-7-22-16(21)23-8-11/h2-3,6-8,15H,4-5H2,1H3,(H2,21,22,23)(H2,24,25,26)/t15-/m1/s1. The molecule has 1 atom stereocenters. The minimum absolute atomic E-state index is 0.0738. The molecule has 4 rings (SSSR count). The maximum atomic E-state index is 15.0. The Hall–Kier alpha value is -3.23. The molecule has 1 aliphatic rings. The molecule has 1 fully saturated rings. The van der Waals surface area contributed by atoms with Crippen molar-refractivity contribution in [3.63, 3.8) is 0 Å². The molecule has 4 N–H and O–H groups in total. The van der Waals surface area contributed by atoms with E-state index in [0.717, 1.165) is 0 Å². The first-order chi connectivity index (χ1) is 12.9. The van der Waals surface area contributed by atoms with E-state index in [0.29, 0.717) is 35.1 Å². The summed E-state index contributed by atoms with van der Waals surface area (Å²) in [7, 11) is 0. The number of halogens is 2. The predicted octanol–water partition coefficient (Wildman–Crippen LogP) is 3.62. The van der Waals surface area contributed by atoms with Crippen LogP contribution in [-0.2, 0) is 0 Å². The van der Waals surface area contributed by atoms with E-state index in [-0.39, 0.29) is 11.7 Å². The largest absolute Gasteiger partial charge is 0.458 e. The summed E-state index contributed by atoms with van der Waals surface area (Å²) >= 11 is 0. The number of urea groups is 1. The van der Waals surface area contributed by atoms with E-state index >= 15 is 0 Å². The van der Waals surface area contributed by atoms with Crippen LogP contribution >= 0.6 is 0 Å². The minimum Gasteiger partial charge on any atom is -0.458 e. The number of anilines is 2. The number of carbonyl (C=O) groups is 1. The zero-order chi connectivity index (χ0) is 19.2. The number of aromatic nitrogens is 2. The highest BCUT2D eigenvalue weighted by atomic mass is 19.1. The van der Waals surface area contributed by atoms with Crippen LogP contribution in [0.2, 0.25) is 0 Å². The van der Waals surface area contributed by atoms with Gasteiger partial charge in [-0.3, -0.25) is 0 Å². The fourth-order valence-corrected chi connectivity index (χ4v) is 3.03. The number of hydrogen-bond acceptors (Lipinski definition) is 5. The zero-order valence-electron chi connectivity index (χ0n) is 14.4. The molecule has 2 amide bonds. The molecule has 1 aliphatic carbocycles. The van der Waals surface area contributed by atoms with Crippen molar-refractivity contribution in [2.24, 2.45) is 0 Å². The Morgan fingerprint density at radius 2 is 2.04 bits per heavy atom. The van der Waals surface area contributed by atoms with Gasteiger partial charge in [0.2, 0.25) is 5.95 Å². The molecule has 2 heterocycles. The lowest BCUT2D eigenvalue weighted by Gasteiger charge is -2.21. The number of nitrogens with two attached hydrogens (primary N) is 1. The second-order valence-corrected chi connectivity index (χ2v) is 6.63. The molecule has 3 aromatic rings. The van der Waals surface area contributed by atoms with E-state index in [4.69, 9.17) is 10.2 Å². The quantitative estimate of drug-likeness (QED) is 0.648. The van der Waals surface area contributed by atoms with Gasteiger partial charge in [-0.15, -0.1) is 0 Å². The number of hydrogen-bond donors (Lipinski definition) is 3. The van der Waals surface area contributed by atoms with Gasteiger partial charge < -0.3 is 20.8 Å². The number of rotatable bonds is 4. The molecular formula is C18H17F2N5O2. The number of fused-ring (bicyclic) bond motifs is 1. The Bertz CT molecular complexity index is 1010. The van der Waals surface area contributed by atoms with Gasteiger partial charge in [0.1, 0.15) is 28.9 Å². The maximum Gasteiger partial charge on any atom is 0.320 e. The van der Waals surface area contributed by atoms with Gasteiger partial charge in [-0.05, 0) is 38.0 Å². The summed E-state index contributed by atoms with van der Waals surface area (Å²) in [5.74, 6) is -0.0612. The molecule has 0 aliphatic heterocycles. The molecule has 0 radical (unpaired) electrons. The van der Waals surface area contributed by atoms with Crippen LogP contribution in [0.3, 0.4) is 0 Å². The van der Waals surface area contributed by atoms with Crippen molar-refractivity contribution in [2.75, 3.05) is 11.1 Å². The molecule has 9 heteroatoms. The first-order valence-electron chi connectivity index (χ1n) is 8.38. The number of furan rings is 1. The van der Waals surface area contributed by atoms with Gasteiger partial charge in [0.15, 0.2) is 0 Å². The summed E-state index contributed by atoms with van der Waals surface area (Å²) in [4.78, 5) is 19.9. The number of alkyl halides is 1. The summed E-state index contributed by atoms with van der Waals surface area (Å²) in [6.45, 7) is 1.72. The Morgan fingerprint density at radius 3 is 2.70 bits per heavy atom. The van der Waals surface area contributed by atoms with Crippen LogP contribution in [0.5, 0.6) is 0 Å². The summed E-state index contributed by atoms with van der Waals surface area (Å²) in [6, 6.07) is 2.46. The third kappa shape index (κ3) is 3.27. The highest BCUT2D eigenvalue weighted by molar-refractivity contribution is 5.89. The third-order valence-corrected chi connectivity index (χ3v) is 4.65. The van der Waals surface area contributed by atoms with Crippen LogP contribution in [0.1, 0.15) is 30.2 Å². The second kappa shape index (κ2) is 6.19. The van der Waals surface area contributed by atoms with Crippen molar-refractivity contribution in [3.05, 3.63) is 47.7 Å². The molecule has 140 valence electrons. The van der Waals surface area contributed by atoms with Crippen molar-refractivity contribution < 1.29 is 18.0 Å². The fraction of sp³-hybridized carbons (Fsp3) is 0.278. The van der Waals surface area contributed by atoms with E-state index < -0.39 is 23.6 Å². The van der Waals surface area contributed by atoms with Crippen LogP contribution in [-0.4, -0.2) is 21.7 Å². The normalized spacial score (nSPS) is 16.1. The predicted molar refractivity (Wildman–Crippen MR) is 95.3 cm³/mol. The minimum atomic E-state index is -1.61. The number of amides is 2. The Kier molecular flexibility index (Phi) is 3.94. The molecule has 1 saturated carbocycles. The third-order valence-electron chi connectivity index (χ3n) is 4.65. The van der Waals surface area contributed by atoms with E-state index in [1.807, 2.05) is 0 Å². The Morgan fingerprint density at radius 1 is 1.33 bits per heavy atom. The lowest BCUT2D eigenvalue weighted by Crippen LogP contribution is -2.38. The van der Waals surface area contributed by atoms with Crippen LogP contribution in [0.15, 0.2) is 35.0 Å². The van der Waals surface area contributed by atoms with Crippen LogP contribution < -0.4 is 16.4 Å².